The van der Waals surface area contributed by atoms with E-state index in [9.17, 15) is 14.5 Å². The topological polar surface area (TPSA) is 108 Å². The van der Waals surface area contributed by atoms with E-state index in [1.165, 1.54) is 6.07 Å². The van der Waals surface area contributed by atoms with Crippen molar-refractivity contribution in [2.75, 3.05) is 0 Å². The summed E-state index contributed by atoms with van der Waals surface area (Å²) >= 11 is 0. The number of rotatable bonds is 3. The first kappa shape index (κ1) is 15.3. The molecule has 1 aromatic heterocycles. The molecule has 0 amide bonds. The van der Waals surface area contributed by atoms with E-state index in [-0.39, 0.29) is 23.9 Å². The van der Waals surface area contributed by atoms with Crippen molar-refractivity contribution in [3.8, 4) is 11.5 Å². The lowest BCUT2D eigenvalue weighted by atomic mass is 9.77. The fraction of sp³-hybridized carbons (Fsp3) is 0.333. The van der Waals surface area contributed by atoms with Gasteiger partial charge in [-0.05, 0) is 31.4 Å². The van der Waals surface area contributed by atoms with E-state index < -0.39 is 22.0 Å². The number of aromatic nitrogens is 2. The molecule has 1 heterocycles. The van der Waals surface area contributed by atoms with E-state index >= 15 is 0 Å². The Morgan fingerprint density at radius 3 is 2.71 bits per heavy atom. The van der Waals surface area contributed by atoms with Gasteiger partial charge in [0.15, 0.2) is 5.82 Å². The molecule has 0 saturated heterocycles. The first-order chi connectivity index (χ1) is 9.49. The molecule has 0 radical (unpaired) electrons. The van der Waals surface area contributed by atoms with Crippen molar-refractivity contribution in [3.05, 3.63) is 40.0 Å². The number of nitro benzene ring substituents is 1. The normalized spacial score (nSPS) is 15.9. The lowest BCUT2D eigenvalue weighted by molar-refractivity contribution is -0.384. The highest BCUT2D eigenvalue weighted by molar-refractivity contribution is 5.85. The molecule has 2 aromatic rings. The van der Waals surface area contributed by atoms with Crippen molar-refractivity contribution in [2.45, 2.75) is 24.8 Å². The van der Waals surface area contributed by atoms with Crippen LogP contribution in [0.5, 0.6) is 0 Å². The molecule has 0 atom stereocenters. The lowest BCUT2D eigenvalue weighted by Gasteiger charge is -2.34. The maximum Gasteiger partial charge on any atom is 0.285 e. The quantitative estimate of drug-likeness (QED) is 0.689. The number of hydrogen-bond donors (Lipinski definition) is 1. The molecule has 0 aliphatic heterocycles. The number of benzene rings is 1. The number of hydrogen-bond acceptors (Lipinski definition) is 6. The average molecular weight is 315 g/mol. The van der Waals surface area contributed by atoms with Crippen LogP contribution >= 0.6 is 12.4 Å². The third-order valence-electron chi connectivity index (χ3n) is 3.50. The van der Waals surface area contributed by atoms with Crippen molar-refractivity contribution >= 4 is 18.1 Å². The van der Waals surface area contributed by atoms with Gasteiger partial charge in [0.2, 0.25) is 0 Å². The number of nitrogens with zero attached hydrogens (tertiary/aromatic N) is 3. The molecule has 9 heteroatoms. The smallest absolute Gasteiger partial charge is 0.285 e. The third-order valence-corrected chi connectivity index (χ3v) is 3.50. The van der Waals surface area contributed by atoms with Crippen molar-refractivity contribution in [1.29, 1.82) is 0 Å². The molecule has 3 rings (SSSR count). The van der Waals surface area contributed by atoms with Gasteiger partial charge in [0.05, 0.1) is 16.5 Å². The Kier molecular flexibility index (Phi) is 3.93. The van der Waals surface area contributed by atoms with E-state index in [2.05, 4.69) is 10.1 Å². The summed E-state index contributed by atoms with van der Waals surface area (Å²) in [6.07, 6.45) is 2.48. The molecule has 1 aliphatic rings. The van der Waals surface area contributed by atoms with Gasteiger partial charge in [0.25, 0.3) is 11.6 Å². The lowest BCUT2D eigenvalue weighted by Crippen LogP contribution is -2.44. The fourth-order valence-electron chi connectivity index (χ4n) is 2.15. The summed E-state index contributed by atoms with van der Waals surface area (Å²) in [6.45, 7) is 0. The number of nitrogens with two attached hydrogens (primary N) is 1. The highest BCUT2D eigenvalue weighted by Crippen LogP contribution is 2.38. The van der Waals surface area contributed by atoms with E-state index in [1.54, 1.807) is 0 Å². The second-order valence-electron chi connectivity index (χ2n) is 4.85. The molecule has 0 spiro atoms. The van der Waals surface area contributed by atoms with Crippen LogP contribution in [0.15, 0.2) is 22.7 Å². The first-order valence-electron chi connectivity index (χ1n) is 6.07. The summed E-state index contributed by atoms with van der Waals surface area (Å²) in [4.78, 5) is 14.4. The Morgan fingerprint density at radius 2 is 2.14 bits per heavy atom. The standard InChI is InChI=1S/C12H11FN4O3.ClH/c13-7-2-3-8(9(6-7)17(18)19)10-15-11(16-20-10)12(14)4-1-5-12;/h2-3,6H,1,4-5,14H2;1H. The fourth-order valence-corrected chi connectivity index (χ4v) is 2.15. The molecule has 0 bridgehead atoms. The highest BCUT2D eigenvalue weighted by Gasteiger charge is 2.39. The van der Waals surface area contributed by atoms with Crippen molar-refractivity contribution in [2.24, 2.45) is 5.73 Å². The minimum absolute atomic E-state index is 0. The van der Waals surface area contributed by atoms with E-state index in [0.717, 1.165) is 31.4 Å². The van der Waals surface area contributed by atoms with Gasteiger partial charge in [-0.15, -0.1) is 12.4 Å². The maximum atomic E-state index is 13.1. The van der Waals surface area contributed by atoms with Gasteiger partial charge >= 0.3 is 0 Å². The SMILES string of the molecule is Cl.NC1(c2noc(-c3ccc(F)cc3[N+](=O)[O-])n2)CCC1. The zero-order valence-electron chi connectivity index (χ0n) is 10.8. The maximum absolute atomic E-state index is 13.1. The van der Waals surface area contributed by atoms with Gasteiger partial charge in [-0.1, -0.05) is 5.16 Å². The molecule has 1 fully saturated rings. The first-order valence-corrected chi connectivity index (χ1v) is 6.07. The van der Waals surface area contributed by atoms with Crippen LogP contribution in [0.4, 0.5) is 10.1 Å². The Balaban J connectivity index is 0.00000161. The van der Waals surface area contributed by atoms with Crippen LogP contribution < -0.4 is 5.73 Å². The predicted molar refractivity (Wildman–Crippen MR) is 73.3 cm³/mol. The second kappa shape index (κ2) is 5.38. The molecule has 21 heavy (non-hydrogen) atoms. The molecule has 1 aliphatic carbocycles. The van der Waals surface area contributed by atoms with Crippen LogP contribution in [0.3, 0.4) is 0 Å². The zero-order valence-corrected chi connectivity index (χ0v) is 11.6. The van der Waals surface area contributed by atoms with Gasteiger partial charge < -0.3 is 10.3 Å². The Morgan fingerprint density at radius 1 is 1.43 bits per heavy atom. The van der Waals surface area contributed by atoms with Crippen LogP contribution in [0.25, 0.3) is 11.5 Å². The van der Waals surface area contributed by atoms with Crippen LogP contribution in [-0.2, 0) is 5.54 Å². The van der Waals surface area contributed by atoms with Gasteiger partial charge in [-0.3, -0.25) is 10.1 Å². The Bertz CT molecular complexity index is 687. The monoisotopic (exact) mass is 314 g/mol. The summed E-state index contributed by atoms with van der Waals surface area (Å²) < 4.78 is 18.1. The predicted octanol–water partition coefficient (Wildman–Crippen LogP) is 2.54. The third kappa shape index (κ3) is 2.59. The largest absolute Gasteiger partial charge is 0.334 e. The second-order valence-corrected chi connectivity index (χ2v) is 4.85. The molecule has 0 unspecified atom stereocenters. The molecular formula is C12H12ClFN4O3. The van der Waals surface area contributed by atoms with Crippen molar-refractivity contribution in [3.63, 3.8) is 0 Å². The number of nitro groups is 1. The minimum Gasteiger partial charge on any atom is -0.334 e. The van der Waals surface area contributed by atoms with Gasteiger partial charge in [0.1, 0.15) is 11.4 Å². The summed E-state index contributed by atoms with van der Waals surface area (Å²) in [6, 6.07) is 3.17. The Hall–Kier alpha value is -2.06. The number of halogens is 2. The van der Waals surface area contributed by atoms with Crippen molar-refractivity contribution < 1.29 is 13.8 Å². The van der Waals surface area contributed by atoms with Gasteiger partial charge in [-0.2, -0.15) is 4.98 Å². The van der Waals surface area contributed by atoms with Gasteiger partial charge in [0, 0.05) is 0 Å². The molecule has 7 nitrogen and oxygen atoms in total. The van der Waals surface area contributed by atoms with Crippen LogP contribution in [0.2, 0.25) is 0 Å². The summed E-state index contributed by atoms with van der Waals surface area (Å²) in [5.41, 5.74) is 5.11. The van der Waals surface area contributed by atoms with Gasteiger partial charge in [-0.25, -0.2) is 4.39 Å². The minimum atomic E-state index is -0.700. The highest BCUT2D eigenvalue weighted by atomic mass is 35.5. The van der Waals surface area contributed by atoms with Crippen molar-refractivity contribution in [1.82, 2.24) is 10.1 Å². The van der Waals surface area contributed by atoms with E-state index in [0.29, 0.717) is 5.82 Å². The molecule has 1 aromatic carbocycles. The molecular weight excluding hydrogens is 303 g/mol. The molecule has 2 N–H and O–H groups in total. The molecule has 1 saturated carbocycles. The van der Waals surface area contributed by atoms with Crippen LogP contribution in [0, 0.1) is 15.9 Å². The average Bonchev–Trinajstić information content (AvgIpc) is 2.85. The summed E-state index contributed by atoms with van der Waals surface area (Å²) in [5.74, 6) is -0.393. The summed E-state index contributed by atoms with van der Waals surface area (Å²) in [5, 5.41) is 14.7. The van der Waals surface area contributed by atoms with E-state index in [4.69, 9.17) is 10.3 Å². The van der Waals surface area contributed by atoms with E-state index in [1.807, 2.05) is 0 Å². The summed E-state index contributed by atoms with van der Waals surface area (Å²) in [7, 11) is 0. The van der Waals surface area contributed by atoms with Crippen LogP contribution in [0.1, 0.15) is 25.1 Å². The molecule has 112 valence electrons. The zero-order chi connectivity index (χ0) is 14.3. The van der Waals surface area contributed by atoms with Crippen LogP contribution in [-0.4, -0.2) is 15.1 Å². The Labute approximate surface area is 124 Å².